The van der Waals surface area contributed by atoms with Crippen LogP contribution in [0.2, 0.25) is 0 Å². The van der Waals surface area contributed by atoms with Gasteiger partial charge in [-0.2, -0.15) is 0 Å². The monoisotopic (exact) mass is 295 g/mol. The Kier molecular flexibility index (Phi) is 3.89. The first-order valence-electron chi connectivity index (χ1n) is 7.33. The number of hydrogen-bond acceptors (Lipinski definition) is 4. The zero-order valence-electron chi connectivity index (χ0n) is 11.7. The fourth-order valence-electron chi connectivity index (χ4n) is 4.40. The number of hydrogen-bond donors (Lipinski definition) is 2. The summed E-state index contributed by atoms with van der Waals surface area (Å²) >= 11 is 0. The quantitative estimate of drug-likeness (QED) is 0.885. The van der Waals surface area contributed by atoms with Gasteiger partial charge in [-0.1, -0.05) is 6.07 Å². The zero-order valence-corrected chi connectivity index (χ0v) is 12.5. The normalized spacial score (nSPS) is 37.5. The lowest BCUT2D eigenvalue weighted by atomic mass is 9.77. The Bertz CT molecular complexity index is 467. The summed E-state index contributed by atoms with van der Waals surface area (Å²) in [5, 5.41) is 7.53. The van der Waals surface area contributed by atoms with Crippen LogP contribution in [0.4, 0.5) is 0 Å². The molecule has 3 aliphatic heterocycles. The zero-order chi connectivity index (χ0) is 12.8. The lowest BCUT2D eigenvalue weighted by Crippen LogP contribution is -2.37. The SMILES string of the molecule is COc1ccc(CC2NCC3C4CCC(N4)C23)cn1.Cl. The summed E-state index contributed by atoms with van der Waals surface area (Å²) < 4.78 is 5.11. The first-order chi connectivity index (χ1) is 9.35. The van der Waals surface area contributed by atoms with E-state index in [-0.39, 0.29) is 12.4 Å². The van der Waals surface area contributed by atoms with Crippen molar-refractivity contribution in [3.63, 3.8) is 0 Å². The molecule has 2 bridgehead atoms. The fourth-order valence-corrected chi connectivity index (χ4v) is 4.40. The fraction of sp³-hybridized carbons (Fsp3) is 0.667. The number of aromatic nitrogens is 1. The Morgan fingerprint density at radius 3 is 2.90 bits per heavy atom. The number of methoxy groups -OCH3 is 1. The van der Waals surface area contributed by atoms with Crippen LogP contribution in [0, 0.1) is 11.8 Å². The number of halogens is 1. The second-order valence-electron chi connectivity index (χ2n) is 6.13. The minimum Gasteiger partial charge on any atom is -0.481 e. The van der Waals surface area contributed by atoms with Gasteiger partial charge in [-0.05, 0) is 36.7 Å². The molecule has 0 aliphatic carbocycles. The first-order valence-corrected chi connectivity index (χ1v) is 7.33. The van der Waals surface area contributed by atoms with Crippen LogP contribution in [0.1, 0.15) is 18.4 Å². The highest BCUT2D eigenvalue weighted by molar-refractivity contribution is 5.85. The molecule has 3 saturated heterocycles. The average Bonchev–Trinajstić information content (AvgIpc) is 3.13. The topological polar surface area (TPSA) is 46.2 Å². The molecule has 20 heavy (non-hydrogen) atoms. The maximum Gasteiger partial charge on any atom is 0.212 e. The summed E-state index contributed by atoms with van der Waals surface area (Å²) in [6.07, 6.45) is 5.78. The number of ether oxygens (including phenoxy) is 1. The smallest absolute Gasteiger partial charge is 0.212 e. The summed E-state index contributed by atoms with van der Waals surface area (Å²) in [6.45, 7) is 1.19. The standard InChI is InChI=1S/C15H21N3O.ClH/c1-19-14-5-2-9(7-17-14)6-13-15-10(8-16-13)11-3-4-12(15)18-11;/h2,5,7,10-13,15-16,18H,3-4,6,8H2,1H3;1H. The molecule has 4 rings (SSSR count). The maximum atomic E-state index is 5.11. The summed E-state index contributed by atoms with van der Waals surface area (Å²) in [5.74, 6) is 2.37. The Labute approximate surface area is 126 Å². The molecule has 3 aliphatic rings. The van der Waals surface area contributed by atoms with E-state index in [2.05, 4.69) is 21.7 Å². The van der Waals surface area contributed by atoms with Gasteiger partial charge in [0, 0.05) is 36.9 Å². The molecule has 5 atom stereocenters. The number of nitrogens with one attached hydrogen (secondary N) is 2. The van der Waals surface area contributed by atoms with Crippen molar-refractivity contribution >= 4 is 12.4 Å². The van der Waals surface area contributed by atoms with Gasteiger partial charge in [0.2, 0.25) is 5.88 Å². The third-order valence-electron chi connectivity index (χ3n) is 5.24. The molecule has 3 fully saturated rings. The van der Waals surface area contributed by atoms with Crippen LogP contribution < -0.4 is 15.4 Å². The highest BCUT2D eigenvalue weighted by Gasteiger charge is 2.53. The van der Waals surface area contributed by atoms with Gasteiger partial charge >= 0.3 is 0 Å². The van der Waals surface area contributed by atoms with Gasteiger partial charge in [-0.3, -0.25) is 0 Å². The van der Waals surface area contributed by atoms with Crippen molar-refractivity contribution < 1.29 is 4.74 Å². The molecular formula is C15H22ClN3O. The molecule has 110 valence electrons. The lowest BCUT2D eigenvalue weighted by molar-refractivity contribution is 0.309. The number of nitrogens with zero attached hydrogens (tertiary/aromatic N) is 1. The summed E-state index contributed by atoms with van der Waals surface area (Å²) in [5.41, 5.74) is 1.31. The Balaban J connectivity index is 0.00000121. The largest absolute Gasteiger partial charge is 0.481 e. The Morgan fingerprint density at radius 2 is 2.15 bits per heavy atom. The third kappa shape index (κ3) is 2.20. The Hall–Kier alpha value is -0.840. The number of rotatable bonds is 3. The van der Waals surface area contributed by atoms with E-state index in [0.717, 1.165) is 30.3 Å². The van der Waals surface area contributed by atoms with E-state index in [4.69, 9.17) is 4.74 Å². The molecule has 5 heteroatoms. The van der Waals surface area contributed by atoms with Gasteiger partial charge in [-0.15, -0.1) is 12.4 Å². The van der Waals surface area contributed by atoms with Crippen molar-refractivity contribution in [3.05, 3.63) is 23.9 Å². The summed E-state index contributed by atoms with van der Waals surface area (Å²) in [7, 11) is 1.66. The molecule has 1 aromatic rings. The minimum atomic E-state index is 0. The molecule has 0 saturated carbocycles. The number of pyridine rings is 1. The van der Waals surface area contributed by atoms with Crippen molar-refractivity contribution in [2.75, 3.05) is 13.7 Å². The molecule has 0 spiro atoms. The maximum absolute atomic E-state index is 5.11. The molecule has 4 heterocycles. The predicted molar refractivity (Wildman–Crippen MR) is 80.5 cm³/mol. The van der Waals surface area contributed by atoms with E-state index in [1.807, 2.05) is 12.3 Å². The molecule has 5 unspecified atom stereocenters. The second-order valence-corrected chi connectivity index (χ2v) is 6.13. The molecule has 2 N–H and O–H groups in total. The summed E-state index contributed by atoms with van der Waals surface area (Å²) in [4.78, 5) is 4.31. The third-order valence-corrected chi connectivity index (χ3v) is 5.24. The second kappa shape index (κ2) is 5.51. The van der Waals surface area contributed by atoms with Gasteiger partial charge in [-0.25, -0.2) is 4.98 Å². The Morgan fingerprint density at radius 1 is 1.30 bits per heavy atom. The van der Waals surface area contributed by atoms with Crippen LogP contribution in [-0.2, 0) is 6.42 Å². The van der Waals surface area contributed by atoms with Crippen LogP contribution in [0.25, 0.3) is 0 Å². The van der Waals surface area contributed by atoms with Gasteiger partial charge in [0.1, 0.15) is 0 Å². The van der Waals surface area contributed by atoms with Gasteiger partial charge in [0.15, 0.2) is 0 Å². The first kappa shape index (κ1) is 14.1. The van der Waals surface area contributed by atoms with Gasteiger partial charge in [0.05, 0.1) is 7.11 Å². The number of fused-ring (bicyclic) bond motifs is 5. The van der Waals surface area contributed by atoms with Crippen molar-refractivity contribution in [1.82, 2.24) is 15.6 Å². The van der Waals surface area contributed by atoms with Gasteiger partial charge in [0.25, 0.3) is 0 Å². The minimum absolute atomic E-state index is 0. The molecule has 4 nitrogen and oxygen atoms in total. The van der Waals surface area contributed by atoms with Crippen molar-refractivity contribution in [1.29, 1.82) is 0 Å². The van der Waals surface area contributed by atoms with Gasteiger partial charge < -0.3 is 15.4 Å². The molecular weight excluding hydrogens is 274 g/mol. The molecule has 0 radical (unpaired) electrons. The van der Waals surface area contributed by atoms with E-state index in [1.54, 1.807) is 7.11 Å². The van der Waals surface area contributed by atoms with Crippen molar-refractivity contribution in [2.24, 2.45) is 11.8 Å². The highest BCUT2D eigenvalue weighted by Crippen LogP contribution is 2.43. The predicted octanol–water partition coefficient (Wildman–Crippen LogP) is 1.39. The van der Waals surface area contributed by atoms with E-state index < -0.39 is 0 Å². The van der Waals surface area contributed by atoms with E-state index >= 15 is 0 Å². The summed E-state index contributed by atoms with van der Waals surface area (Å²) in [6, 6.07) is 6.24. The molecule has 0 aromatic carbocycles. The van der Waals surface area contributed by atoms with Crippen LogP contribution in [0.5, 0.6) is 5.88 Å². The average molecular weight is 296 g/mol. The van der Waals surface area contributed by atoms with E-state index in [0.29, 0.717) is 11.9 Å². The van der Waals surface area contributed by atoms with E-state index in [1.165, 1.54) is 24.9 Å². The molecule has 1 aromatic heterocycles. The van der Waals surface area contributed by atoms with Crippen LogP contribution >= 0.6 is 12.4 Å². The van der Waals surface area contributed by atoms with Crippen LogP contribution in [-0.4, -0.2) is 36.8 Å². The van der Waals surface area contributed by atoms with Crippen molar-refractivity contribution in [2.45, 2.75) is 37.4 Å². The lowest BCUT2D eigenvalue weighted by Gasteiger charge is -2.26. The molecule has 0 amide bonds. The van der Waals surface area contributed by atoms with Crippen LogP contribution in [0.15, 0.2) is 18.3 Å². The highest BCUT2D eigenvalue weighted by atomic mass is 35.5. The van der Waals surface area contributed by atoms with Crippen LogP contribution in [0.3, 0.4) is 0 Å². The van der Waals surface area contributed by atoms with Crippen molar-refractivity contribution in [3.8, 4) is 5.88 Å². The van der Waals surface area contributed by atoms with E-state index in [9.17, 15) is 0 Å².